The Labute approximate surface area is 155 Å². The average molecular weight is 405 g/mol. The number of nitrogens with zero attached hydrogens (tertiary/aromatic N) is 2. The summed E-state index contributed by atoms with van der Waals surface area (Å²) in [4.78, 5) is 49.6. The third-order valence-corrected chi connectivity index (χ3v) is 6.38. The molecule has 0 aromatic heterocycles. The fourth-order valence-corrected chi connectivity index (χ4v) is 5.26. The fourth-order valence-electron chi connectivity index (χ4n) is 2.38. The van der Waals surface area contributed by atoms with Crippen LogP contribution in [0.4, 0.5) is 0 Å². The number of hydrogen-bond donors (Lipinski definition) is 0. The van der Waals surface area contributed by atoms with Crippen LogP contribution in [-0.2, 0) is 19.2 Å². The number of alkyl halides is 2. The van der Waals surface area contributed by atoms with Crippen LogP contribution < -0.4 is 0 Å². The number of carbonyl (C=O) groups is 4. The van der Waals surface area contributed by atoms with Gasteiger partial charge < -0.3 is 0 Å². The molecule has 0 aromatic carbocycles. The second-order valence-electron chi connectivity index (χ2n) is 4.82. The van der Waals surface area contributed by atoms with Gasteiger partial charge in [0.2, 0.25) is 0 Å². The van der Waals surface area contributed by atoms with Crippen molar-refractivity contribution in [3.63, 3.8) is 0 Å². The molecular weight excluding hydrogens is 395 g/mol. The maximum absolute atomic E-state index is 12.6. The van der Waals surface area contributed by atoms with Gasteiger partial charge in [0.05, 0.1) is 27.1 Å². The molecule has 0 radical (unpaired) electrons. The van der Waals surface area contributed by atoms with Gasteiger partial charge in [-0.05, 0) is 12.2 Å². The van der Waals surface area contributed by atoms with Crippen molar-refractivity contribution in [2.75, 3.05) is 24.8 Å². The van der Waals surface area contributed by atoms with Crippen molar-refractivity contribution >= 4 is 70.1 Å². The number of carbonyl (C=O) groups excluding carboxylic acids is 4. The molecule has 1 saturated heterocycles. The highest BCUT2D eigenvalue weighted by Crippen LogP contribution is 2.53. The molecule has 2 heterocycles. The minimum absolute atomic E-state index is 0.0461. The van der Waals surface area contributed by atoms with Gasteiger partial charge in [0, 0.05) is 11.8 Å². The predicted octanol–water partition coefficient (Wildman–Crippen LogP) is 1.66. The van der Waals surface area contributed by atoms with Gasteiger partial charge in [-0.15, -0.1) is 23.2 Å². The lowest BCUT2D eigenvalue weighted by Crippen LogP contribution is -2.43. The SMILES string of the molecule is O=C1C=CC(=O)C2=C1SC(=C1C(=O)N(CCCl)N(CCCl)C1=O)S2. The molecule has 3 aliphatic rings. The summed E-state index contributed by atoms with van der Waals surface area (Å²) in [6.45, 7) is 0.337. The van der Waals surface area contributed by atoms with Crippen molar-refractivity contribution in [3.05, 3.63) is 31.8 Å². The summed E-state index contributed by atoms with van der Waals surface area (Å²) in [6.07, 6.45) is 2.39. The molecule has 3 rings (SSSR count). The van der Waals surface area contributed by atoms with E-state index in [0.29, 0.717) is 4.24 Å². The summed E-state index contributed by atoms with van der Waals surface area (Å²) in [5.41, 5.74) is -0.0461. The number of allylic oxidation sites excluding steroid dienone is 4. The normalized spacial score (nSPS) is 20.9. The Bertz CT molecular complexity index is 702. The van der Waals surface area contributed by atoms with Gasteiger partial charge in [-0.1, -0.05) is 23.5 Å². The molecule has 2 amide bonds. The first kappa shape index (κ1) is 17.6. The highest BCUT2D eigenvalue weighted by atomic mass is 35.5. The Hall–Kier alpha value is -1.22. The molecule has 0 unspecified atom stereocenters. The zero-order valence-electron chi connectivity index (χ0n) is 12.1. The molecule has 0 aromatic rings. The first-order chi connectivity index (χ1) is 11.5. The Kier molecular flexibility index (Phi) is 5.10. The van der Waals surface area contributed by atoms with Crippen molar-refractivity contribution in [1.29, 1.82) is 0 Å². The lowest BCUT2D eigenvalue weighted by atomic mass is 10.2. The number of amides is 2. The zero-order chi connectivity index (χ0) is 17.4. The largest absolute Gasteiger partial charge is 0.289 e. The molecule has 0 atom stereocenters. The molecule has 0 bridgehead atoms. The van der Waals surface area contributed by atoms with E-state index in [-0.39, 0.29) is 51.8 Å². The van der Waals surface area contributed by atoms with Crippen LogP contribution in [0.5, 0.6) is 0 Å². The van der Waals surface area contributed by atoms with E-state index in [0.717, 1.165) is 23.5 Å². The van der Waals surface area contributed by atoms with Crippen molar-refractivity contribution in [2.24, 2.45) is 0 Å². The molecule has 10 heteroatoms. The summed E-state index contributed by atoms with van der Waals surface area (Å²) in [7, 11) is 0. The minimum Gasteiger partial charge on any atom is -0.289 e. The monoisotopic (exact) mass is 404 g/mol. The van der Waals surface area contributed by atoms with E-state index in [4.69, 9.17) is 23.2 Å². The van der Waals surface area contributed by atoms with Crippen molar-refractivity contribution in [3.8, 4) is 0 Å². The summed E-state index contributed by atoms with van der Waals surface area (Å²) < 4.78 is 0.344. The lowest BCUT2D eigenvalue weighted by Gasteiger charge is -2.25. The number of thioether (sulfide) groups is 2. The maximum atomic E-state index is 12.6. The molecule has 0 saturated carbocycles. The molecule has 126 valence electrons. The van der Waals surface area contributed by atoms with Crippen molar-refractivity contribution < 1.29 is 19.2 Å². The summed E-state index contributed by atoms with van der Waals surface area (Å²) in [5.74, 6) is -1.26. The van der Waals surface area contributed by atoms with E-state index >= 15 is 0 Å². The molecule has 6 nitrogen and oxygen atoms in total. The summed E-state index contributed by atoms with van der Waals surface area (Å²) >= 11 is 13.4. The van der Waals surface area contributed by atoms with Crippen LogP contribution in [0, 0.1) is 0 Å². The van der Waals surface area contributed by atoms with E-state index in [1.807, 2.05) is 0 Å². The van der Waals surface area contributed by atoms with Gasteiger partial charge in [-0.25, -0.2) is 10.0 Å². The average Bonchev–Trinajstić information content (AvgIpc) is 3.08. The molecule has 1 aliphatic carbocycles. The number of hydrogen-bond acceptors (Lipinski definition) is 6. The van der Waals surface area contributed by atoms with Crippen LogP contribution >= 0.6 is 46.7 Å². The first-order valence-electron chi connectivity index (χ1n) is 6.86. The quantitative estimate of drug-likeness (QED) is 0.307. The molecule has 0 spiro atoms. The van der Waals surface area contributed by atoms with Gasteiger partial charge in [-0.2, -0.15) is 0 Å². The van der Waals surface area contributed by atoms with Gasteiger partial charge >= 0.3 is 0 Å². The minimum atomic E-state index is -0.492. The predicted molar refractivity (Wildman–Crippen MR) is 93.3 cm³/mol. The summed E-state index contributed by atoms with van der Waals surface area (Å²) in [5, 5.41) is 2.50. The second-order valence-corrected chi connectivity index (χ2v) is 7.88. The number of ketones is 2. The van der Waals surface area contributed by atoms with E-state index in [2.05, 4.69) is 0 Å². The smallest absolute Gasteiger partial charge is 0.279 e. The standard InChI is InChI=1S/C14H10Cl2N2O4S2/c15-3-5-17-12(21)9(13(22)18(17)6-4-16)14-23-10-7(19)1-2-8(20)11(10)24-14/h1-2H,3-6H2. The number of rotatable bonds is 4. The van der Waals surface area contributed by atoms with Crippen LogP contribution in [0.3, 0.4) is 0 Å². The van der Waals surface area contributed by atoms with Gasteiger partial charge in [0.25, 0.3) is 11.8 Å². The topological polar surface area (TPSA) is 74.8 Å². The van der Waals surface area contributed by atoms with Crippen LogP contribution in [0.1, 0.15) is 0 Å². The summed E-state index contributed by atoms with van der Waals surface area (Å²) in [6, 6.07) is 0. The molecule has 0 N–H and O–H groups in total. The van der Waals surface area contributed by atoms with Crippen LogP contribution in [0.25, 0.3) is 0 Å². The van der Waals surface area contributed by atoms with Crippen LogP contribution in [-0.4, -0.2) is 58.2 Å². The fraction of sp³-hybridized carbons (Fsp3) is 0.286. The van der Waals surface area contributed by atoms with Crippen LogP contribution in [0.15, 0.2) is 31.8 Å². The molecule has 2 aliphatic heterocycles. The highest BCUT2D eigenvalue weighted by Gasteiger charge is 2.45. The third-order valence-electron chi connectivity index (χ3n) is 3.41. The third kappa shape index (κ3) is 2.81. The van der Waals surface area contributed by atoms with Crippen molar-refractivity contribution in [1.82, 2.24) is 10.0 Å². The molecule has 24 heavy (non-hydrogen) atoms. The van der Waals surface area contributed by atoms with E-state index in [9.17, 15) is 19.2 Å². The highest BCUT2D eigenvalue weighted by molar-refractivity contribution is 8.29. The van der Waals surface area contributed by atoms with Gasteiger partial charge in [0.15, 0.2) is 11.6 Å². The lowest BCUT2D eigenvalue weighted by molar-refractivity contribution is -0.145. The van der Waals surface area contributed by atoms with E-state index in [1.165, 1.54) is 22.2 Å². The number of hydrazine groups is 1. The van der Waals surface area contributed by atoms with Gasteiger partial charge in [0.1, 0.15) is 5.57 Å². The van der Waals surface area contributed by atoms with E-state index < -0.39 is 11.8 Å². The van der Waals surface area contributed by atoms with Gasteiger partial charge in [-0.3, -0.25) is 19.2 Å². The Morgan fingerprint density at radius 1 is 0.792 bits per heavy atom. The molecular formula is C14H10Cl2N2O4S2. The Balaban J connectivity index is 1.96. The number of halogens is 2. The Morgan fingerprint density at radius 2 is 1.21 bits per heavy atom. The second kappa shape index (κ2) is 6.95. The maximum Gasteiger partial charge on any atom is 0.279 e. The van der Waals surface area contributed by atoms with Crippen LogP contribution in [0.2, 0.25) is 0 Å². The first-order valence-corrected chi connectivity index (χ1v) is 9.56. The van der Waals surface area contributed by atoms with Crippen molar-refractivity contribution in [2.45, 2.75) is 0 Å². The zero-order valence-corrected chi connectivity index (χ0v) is 15.2. The van der Waals surface area contributed by atoms with E-state index in [1.54, 1.807) is 0 Å². The molecule has 1 fully saturated rings. The Morgan fingerprint density at radius 3 is 1.58 bits per heavy atom.